The van der Waals surface area contributed by atoms with E-state index in [2.05, 4.69) is 10.3 Å². The quantitative estimate of drug-likeness (QED) is 0.625. The summed E-state index contributed by atoms with van der Waals surface area (Å²) in [4.78, 5) is 16.0. The highest BCUT2D eigenvalue weighted by Crippen LogP contribution is 2.25. The lowest BCUT2D eigenvalue weighted by molar-refractivity contribution is -0.125. The minimum Gasteiger partial charge on any atom is -0.457 e. The molecular weight excluding hydrogens is 344 g/mol. The summed E-state index contributed by atoms with van der Waals surface area (Å²) in [6, 6.07) is 20.4. The number of anilines is 1. The lowest BCUT2D eigenvalue weighted by Crippen LogP contribution is -2.30. The normalized spacial score (nSPS) is 11.7. The van der Waals surface area contributed by atoms with Crippen molar-refractivity contribution < 1.29 is 19.7 Å². The second-order valence-electron chi connectivity index (χ2n) is 6.04. The number of nitrogens with one attached hydrogen (secondary N) is 1. The van der Waals surface area contributed by atoms with Gasteiger partial charge >= 0.3 is 0 Å². The molecule has 1 amide bonds. The minimum absolute atomic E-state index is 0.296. The van der Waals surface area contributed by atoms with Gasteiger partial charge in [-0.3, -0.25) is 4.79 Å². The van der Waals surface area contributed by atoms with E-state index in [1.54, 1.807) is 12.1 Å². The van der Waals surface area contributed by atoms with Crippen molar-refractivity contribution in [3.63, 3.8) is 0 Å². The number of aliphatic hydroxyl groups is 2. The van der Waals surface area contributed by atoms with E-state index >= 15 is 0 Å². The Balaban J connectivity index is 1.72. The number of rotatable bonds is 6. The van der Waals surface area contributed by atoms with Crippen LogP contribution in [-0.2, 0) is 4.79 Å². The number of pyridine rings is 1. The second kappa shape index (κ2) is 8.44. The van der Waals surface area contributed by atoms with E-state index in [0.29, 0.717) is 17.3 Å². The highest BCUT2D eigenvalue weighted by Gasteiger charge is 2.14. The van der Waals surface area contributed by atoms with Crippen LogP contribution in [0.5, 0.6) is 11.5 Å². The van der Waals surface area contributed by atoms with Crippen LogP contribution >= 0.6 is 0 Å². The fourth-order valence-corrected chi connectivity index (χ4v) is 2.39. The van der Waals surface area contributed by atoms with E-state index in [1.165, 1.54) is 5.56 Å². The Bertz CT molecular complexity index is 908. The van der Waals surface area contributed by atoms with Gasteiger partial charge in [-0.15, -0.1) is 0 Å². The van der Waals surface area contributed by atoms with Crippen LogP contribution in [0.25, 0.3) is 11.3 Å². The number of carbonyl (C=O) groups excluding carboxylic acids is 1. The van der Waals surface area contributed by atoms with Gasteiger partial charge in [-0.1, -0.05) is 23.8 Å². The summed E-state index contributed by atoms with van der Waals surface area (Å²) in [6.07, 6.45) is -1.48. The Morgan fingerprint density at radius 3 is 2.30 bits per heavy atom. The third-order valence-electron chi connectivity index (χ3n) is 3.88. The molecule has 1 unspecified atom stereocenters. The molecule has 2 aromatic carbocycles. The predicted octanol–water partition coefficient (Wildman–Crippen LogP) is 3.14. The first kappa shape index (κ1) is 18.6. The Morgan fingerprint density at radius 2 is 1.67 bits per heavy atom. The number of hydrogen-bond acceptors (Lipinski definition) is 5. The van der Waals surface area contributed by atoms with E-state index in [0.717, 1.165) is 11.3 Å². The molecule has 0 spiro atoms. The van der Waals surface area contributed by atoms with Crippen molar-refractivity contribution in [3.8, 4) is 22.8 Å². The summed E-state index contributed by atoms with van der Waals surface area (Å²) < 4.78 is 5.81. The SMILES string of the molecule is Cc1ccc(Oc2ccc(-c3cccc(NC(=O)C(O)CO)n3)cc2)cc1. The van der Waals surface area contributed by atoms with Crippen LogP contribution in [0.1, 0.15) is 5.56 Å². The lowest BCUT2D eigenvalue weighted by atomic mass is 10.1. The van der Waals surface area contributed by atoms with Gasteiger partial charge in [0.25, 0.3) is 5.91 Å². The van der Waals surface area contributed by atoms with Crippen molar-refractivity contribution >= 4 is 11.7 Å². The zero-order chi connectivity index (χ0) is 19.2. The fraction of sp³-hybridized carbons (Fsp3) is 0.143. The predicted molar refractivity (Wildman–Crippen MR) is 103 cm³/mol. The number of aliphatic hydroxyl groups excluding tert-OH is 2. The van der Waals surface area contributed by atoms with Crippen molar-refractivity contribution in [1.82, 2.24) is 4.98 Å². The summed E-state index contributed by atoms with van der Waals surface area (Å²) in [5, 5.41) is 20.6. The maximum absolute atomic E-state index is 11.7. The van der Waals surface area contributed by atoms with E-state index in [-0.39, 0.29) is 0 Å². The molecule has 27 heavy (non-hydrogen) atoms. The topological polar surface area (TPSA) is 91.7 Å². The van der Waals surface area contributed by atoms with E-state index in [9.17, 15) is 9.90 Å². The summed E-state index contributed by atoms with van der Waals surface area (Å²) in [5.74, 6) is 1.06. The Kier molecular flexibility index (Phi) is 5.80. The molecule has 1 heterocycles. The van der Waals surface area contributed by atoms with Crippen molar-refractivity contribution in [2.24, 2.45) is 0 Å². The summed E-state index contributed by atoms with van der Waals surface area (Å²) >= 11 is 0. The molecule has 1 atom stereocenters. The summed E-state index contributed by atoms with van der Waals surface area (Å²) in [6.45, 7) is 1.38. The van der Waals surface area contributed by atoms with Gasteiger partial charge in [0, 0.05) is 5.56 Å². The highest BCUT2D eigenvalue weighted by atomic mass is 16.5. The molecular formula is C21H20N2O4. The Hall–Kier alpha value is -3.22. The molecule has 0 aliphatic carbocycles. The molecule has 3 N–H and O–H groups in total. The molecule has 138 valence electrons. The van der Waals surface area contributed by atoms with Crippen LogP contribution < -0.4 is 10.1 Å². The fourth-order valence-electron chi connectivity index (χ4n) is 2.39. The molecule has 6 nitrogen and oxygen atoms in total. The van der Waals surface area contributed by atoms with Gasteiger partial charge < -0.3 is 20.3 Å². The number of ether oxygens (including phenoxy) is 1. The van der Waals surface area contributed by atoms with Crippen molar-refractivity contribution in [3.05, 3.63) is 72.3 Å². The molecule has 0 aliphatic rings. The first-order chi connectivity index (χ1) is 13.0. The van der Waals surface area contributed by atoms with Gasteiger partial charge in [0.15, 0.2) is 6.10 Å². The Morgan fingerprint density at radius 1 is 1.04 bits per heavy atom. The van der Waals surface area contributed by atoms with Crippen molar-refractivity contribution in [2.75, 3.05) is 11.9 Å². The smallest absolute Gasteiger partial charge is 0.256 e. The van der Waals surface area contributed by atoms with Gasteiger partial charge in [0.1, 0.15) is 17.3 Å². The van der Waals surface area contributed by atoms with Crippen molar-refractivity contribution in [2.45, 2.75) is 13.0 Å². The zero-order valence-corrected chi connectivity index (χ0v) is 14.8. The van der Waals surface area contributed by atoms with Gasteiger partial charge in [-0.25, -0.2) is 4.98 Å². The molecule has 3 rings (SSSR count). The maximum atomic E-state index is 11.7. The first-order valence-corrected chi connectivity index (χ1v) is 8.47. The second-order valence-corrected chi connectivity index (χ2v) is 6.04. The molecule has 0 bridgehead atoms. The van der Waals surface area contributed by atoms with Crippen LogP contribution in [0.4, 0.5) is 5.82 Å². The van der Waals surface area contributed by atoms with Crippen LogP contribution in [0, 0.1) is 6.92 Å². The van der Waals surface area contributed by atoms with E-state index < -0.39 is 18.6 Å². The minimum atomic E-state index is -1.48. The van der Waals surface area contributed by atoms with Gasteiger partial charge in [-0.05, 0) is 55.5 Å². The molecule has 6 heteroatoms. The molecule has 1 aromatic heterocycles. The number of hydrogen-bond donors (Lipinski definition) is 3. The monoisotopic (exact) mass is 364 g/mol. The summed E-state index contributed by atoms with van der Waals surface area (Å²) in [5.41, 5.74) is 2.68. The molecule has 0 saturated carbocycles. The number of aromatic nitrogens is 1. The average molecular weight is 364 g/mol. The van der Waals surface area contributed by atoms with Gasteiger partial charge in [-0.2, -0.15) is 0 Å². The third kappa shape index (κ3) is 4.91. The zero-order valence-electron chi connectivity index (χ0n) is 14.8. The van der Waals surface area contributed by atoms with Crippen molar-refractivity contribution in [1.29, 1.82) is 0 Å². The van der Waals surface area contributed by atoms with Gasteiger partial charge in [0.05, 0.1) is 12.3 Å². The molecule has 0 radical (unpaired) electrons. The number of aryl methyl sites for hydroxylation is 1. The van der Waals surface area contributed by atoms with Crippen LogP contribution in [0.15, 0.2) is 66.7 Å². The standard InChI is InChI=1S/C21H20N2O4/c1-14-5-9-16(10-6-14)27-17-11-7-15(8-12-17)18-3-2-4-20(22-18)23-21(26)19(25)13-24/h2-12,19,24-25H,13H2,1H3,(H,22,23,26). The number of carbonyl (C=O) groups is 1. The molecule has 0 fully saturated rings. The largest absolute Gasteiger partial charge is 0.457 e. The lowest BCUT2D eigenvalue weighted by Gasteiger charge is -2.10. The third-order valence-corrected chi connectivity index (χ3v) is 3.88. The van der Waals surface area contributed by atoms with Crippen LogP contribution in [0.2, 0.25) is 0 Å². The number of benzene rings is 2. The van der Waals surface area contributed by atoms with Crippen LogP contribution in [-0.4, -0.2) is 33.8 Å². The van der Waals surface area contributed by atoms with Crippen LogP contribution in [0.3, 0.4) is 0 Å². The number of amides is 1. The van der Waals surface area contributed by atoms with E-state index in [1.807, 2.05) is 61.5 Å². The average Bonchev–Trinajstić information content (AvgIpc) is 2.70. The molecule has 0 saturated heterocycles. The maximum Gasteiger partial charge on any atom is 0.256 e. The summed E-state index contributed by atoms with van der Waals surface area (Å²) in [7, 11) is 0. The highest BCUT2D eigenvalue weighted by molar-refractivity contribution is 5.93. The Labute approximate surface area is 157 Å². The molecule has 0 aliphatic heterocycles. The molecule has 3 aromatic rings. The first-order valence-electron chi connectivity index (χ1n) is 8.47. The number of nitrogens with zero attached hydrogens (tertiary/aromatic N) is 1. The van der Waals surface area contributed by atoms with Gasteiger partial charge in [0.2, 0.25) is 0 Å². The van der Waals surface area contributed by atoms with E-state index in [4.69, 9.17) is 9.84 Å².